The maximum Gasteiger partial charge on any atom is 0.252 e. The summed E-state index contributed by atoms with van der Waals surface area (Å²) in [5.41, 5.74) is 1.55. The molecule has 0 saturated heterocycles. The van der Waals surface area contributed by atoms with Crippen LogP contribution in [0.2, 0.25) is 0 Å². The summed E-state index contributed by atoms with van der Waals surface area (Å²) in [6, 6.07) is 17.5. The molecular weight excluding hydrogens is 342 g/mol. The number of ether oxygens (including phenoxy) is 3. The third-order valence-electron chi connectivity index (χ3n) is 4.73. The summed E-state index contributed by atoms with van der Waals surface area (Å²) in [7, 11) is 1.55. The Labute approximate surface area is 157 Å². The second kappa shape index (κ2) is 7.19. The van der Waals surface area contributed by atoms with Crippen molar-refractivity contribution in [1.82, 2.24) is 5.32 Å². The molecule has 1 heterocycles. The standard InChI is InChI=1S/C22H21NO4/c1-14(17-9-5-7-15-6-3-4-8-18(15)17)23-22(24)16-12-19(25-2)21-20(13-16)26-10-11-27-21/h3-9,12-14H,10-11H2,1-2H3,(H,23,24)/t14-/m0/s1. The van der Waals surface area contributed by atoms with Crippen molar-refractivity contribution in [3.8, 4) is 17.2 Å². The van der Waals surface area contributed by atoms with Gasteiger partial charge in [0.2, 0.25) is 5.75 Å². The van der Waals surface area contributed by atoms with Crippen molar-refractivity contribution in [2.24, 2.45) is 0 Å². The Hall–Kier alpha value is -3.21. The van der Waals surface area contributed by atoms with E-state index in [2.05, 4.69) is 23.5 Å². The molecule has 3 aromatic rings. The third-order valence-corrected chi connectivity index (χ3v) is 4.73. The highest BCUT2D eigenvalue weighted by Crippen LogP contribution is 2.40. The number of carbonyl (C=O) groups is 1. The summed E-state index contributed by atoms with van der Waals surface area (Å²) in [5, 5.41) is 5.35. The van der Waals surface area contributed by atoms with E-state index >= 15 is 0 Å². The fraction of sp³-hybridized carbons (Fsp3) is 0.227. The van der Waals surface area contributed by atoms with Gasteiger partial charge in [0.25, 0.3) is 5.91 Å². The molecule has 0 unspecified atom stereocenters. The first-order valence-electron chi connectivity index (χ1n) is 8.93. The van der Waals surface area contributed by atoms with E-state index in [-0.39, 0.29) is 11.9 Å². The van der Waals surface area contributed by atoms with Gasteiger partial charge in [-0.05, 0) is 35.4 Å². The molecular formula is C22H21NO4. The molecule has 0 saturated carbocycles. The zero-order valence-corrected chi connectivity index (χ0v) is 15.3. The van der Waals surface area contributed by atoms with Gasteiger partial charge in [0.05, 0.1) is 13.2 Å². The first kappa shape index (κ1) is 17.2. The van der Waals surface area contributed by atoms with Crippen molar-refractivity contribution in [3.05, 3.63) is 65.7 Å². The van der Waals surface area contributed by atoms with Gasteiger partial charge in [-0.1, -0.05) is 42.5 Å². The second-order valence-corrected chi connectivity index (χ2v) is 6.47. The van der Waals surface area contributed by atoms with Crippen LogP contribution in [0.5, 0.6) is 17.2 Å². The number of rotatable bonds is 4. The van der Waals surface area contributed by atoms with Crippen LogP contribution in [0.1, 0.15) is 28.9 Å². The van der Waals surface area contributed by atoms with Crippen LogP contribution < -0.4 is 19.5 Å². The normalized spacial score (nSPS) is 13.9. The lowest BCUT2D eigenvalue weighted by molar-refractivity contribution is 0.0938. The van der Waals surface area contributed by atoms with Crippen LogP contribution in [-0.2, 0) is 0 Å². The first-order valence-corrected chi connectivity index (χ1v) is 8.93. The van der Waals surface area contributed by atoms with Crippen LogP contribution in [0.25, 0.3) is 10.8 Å². The van der Waals surface area contributed by atoms with E-state index in [4.69, 9.17) is 14.2 Å². The summed E-state index contributed by atoms with van der Waals surface area (Å²) in [5.74, 6) is 1.38. The van der Waals surface area contributed by atoms with Gasteiger partial charge in [-0.2, -0.15) is 0 Å². The highest BCUT2D eigenvalue weighted by atomic mass is 16.6. The van der Waals surface area contributed by atoms with Gasteiger partial charge >= 0.3 is 0 Å². The van der Waals surface area contributed by atoms with Crippen molar-refractivity contribution in [2.45, 2.75) is 13.0 Å². The largest absolute Gasteiger partial charge is 0.493 e. The quantitative estimate of drug-likeness (QED) is 0.758. The van der Waals surface area contributed by atoms with E-state index in [0.29, 0.717) is 36.0 Å². The van der Waals surface area contributed by atoms with Crippen molar-refractivity contribution < 1.29 is 19.0 Å². The third kappa shape index (κ3) is 3.28. The lowest BCUT2D eigenvalue weighted by Crippen LogP contribution is -2.27. The van der Waals surface area contributed by atoms with Crippen LogP contribution in [0.4, 0.5) is 0 Å². The zero-order valence-electron chi connectivity index (χ0n) is 15.3. The van der Waals surface area contributed by atoms with Gasteiger partial charge in [-0.25, -0.2) is 0 Å². The maximum absolute atomic E-state index is 12.9. The highest BCUT2D eigenvalue weighted by molar-refractivity contribution is 5.96. The minimum Gasteiger partial charge on any atom is -0.493 e. The van der Waals surface area contributed by atoms with E-state index in [0.717, 1.165) is 16.3 Å². The van der Waals surface area contributed by atoms with Crippen molar-refractivity contribution in [3.63, 3.8) is 0 Å². The van der Waals surface area contributed by atoms with E-state index in [1.54, 1.807) is 19.2 Å². The number of carbonyl (C=O) groups excluding carboxylic acids is 1. The zero-order chi connectivity index (χ0) is 18.8. The predicted octanol–water partition coefficient (Wildman–Crippen LogP) is 4.11. The summed E-state index contributed by atoms with van der Waals surface area (Å²) < 4.78 is 16.6. The Balaban J connectivity index is 1.62. The van der Waals surface area contributed by atoms with Gasteiger partial charge in [-0.3, -0.25) is 4.79 Å². The SMILES string of the molecule is COc1cc(C(=O)N[C@@H](C)c2cccc3ccccc23)cc2c1OCCO2. The average molecular weight is 363 g/mol. The molecule has 4 rings (SSSR count). The van der Waals surface area contributed by atoms with Crippen LogP contribution >= 0.6 is 0 Å². The molecule has 0 radical (unpaired) electrons. The van der Waals surface area contributed by atoms with E-state index in [1.165, 1.54) is 0 Å². The van der Waals surface area contributed by atoms with Gasteiger partial charge in [-0.15, -0.1) is 0 Å². The highest BCUT2D eigenvalue weighted by Gasteiger charge is 2.22. The summed E-state index contributed by atoms with van der Waals surface area (Å²) >= 11 is 0. The van der Waals surface area contributed by atoms with Crippen molar-refractivity contribution >= 4 is 16.7 Å². The Morgan fingerprint density at radius 1 is 1.07 bits per heavy atom. The lowest BCUT2D eigenvalue weighted by Gasteiger charge is -2.22. The van der Waals surface area contributed by atoms with Crippen LogP contribution in [0.15, 0.2) is 54.6 Å². The number of amides is 1. The lowest BCUT2D eigenvalue weighted by atomic mass is 9.99. The molecule has 5 nitrogen and oxygen atoms in total. The molecule has 27 heavy (non-hydrogen) atoms. The number of hydrogen-bond donors (Lipinski definition) is 1. The Kier molecular flexibility index (Phi) is 4.59. The van der Waals surface area contributed by atoms with E-state index in [9.17, 15) is 4.79 Å². The summed E-state index contributed by atoms with van der Waals surface area (Å²) in [6.07, 6.45) is 0. The summed E-state index contributed by atoms with van der Waals surface area (Å²) in [4.78, 5) is 12.9. The second-order valence-electron chi connectivity index (χ2n) is 6.47. The topological polar surface area (TPSA) is 56.8 Å². The molecule has 1 amide bonds. The Morgan fingerprint density at radius 2 is 1.85 bits per heavy atom. The minimum absolute atomic E-state index is 0.150. The molecule has 138 valence electrons. The van der Waals surface area contributed by atoms with E-state index in [1.807, 2.05) is 31.2 Å². The molecule has 1 aliphatic heterocycles. The fourth-order valence-electron chi connectivity index (χ4n) is 3.39. The smallest absolute Gasteiger partial charge is 0.252 e. The van der Waals surface area contributed by atoms with E-state index < -0.39 is 0 Å². The average Bonchev–Trinajstić information content (AvgIpc) is 2.72. The number of fused-ring (bicyclic) bond motifs is 2. The Bertz CT molecular complexity index is 976. The molecule has 1 N–H and O–H groups in total. The molecule has 0 aliphatic carbocycles. The molecule has 0 aromatic heterocycles. The fourth-order valence-corrected chi connectivity index (χ4v) is 3.39. The molecule has 3 aromatic carbocycles. The minimum atomic E-state index is -0.189. The molecule has 0 bridgehead atoms. The first-order chi connectivity index (χ1) is 13.2. The van der Waals surface area contributed by atoms with Gasteiger partial charge < -0.3 is 19.5 Å². The maximum atomic E-state index is 12.9. The molecule has 0 spiro atoms. The van der Waals surface area contributed by atoms with Crippen LogP contribution in [-0.4, -0.2) is 26.2 Å². The van der Waals surface area contributed by atoms with Crippen molar-refractivity contribution in [2.75, 3.05) is 20.3 Å². The number of hydrogen-bond acceptors (Lipinski definition) is 4. The Morgan fingerprint density at radius 3 is 2.70 bits per heavy atom. The predicted molar refractivity (Wildman–Crippen MR) is 104 cm³/mol. The van der Waals surface area contributed by atoms with Gasteiger partial charge in [0, 0.05) is 5.56 Å². The van der Waals surface area contributed by atoms with Crippen LogP contribution in [0, 0.1) is 0 Å². The number of methoxy groups -OCH3 is 1. The number of nitrogens with one attached hydrogen (secondary N) is 1. The van der Waals surface area contributed by atoms with Gasteiger partial charge in [0.1, 0.15) is 13.2 Å². The summed E-state index contributed by atoms with van der Waals surface area (Å²) in [6.45, 7) is 2.90. The van der Waals surface area contributed by atoms with Crippen molar-refractivity contribution in [1.29, 1.82) is 0 Å². The molecule has 5 heteroatoms. The monoisotopic (exact) mass is 363 g/mol. The van der Waals surface area contributed by atoms with Gasteiger partial charge in [0.15, 0.2) is 11.5 Å². The molecule has 1 aliphatic rings. The molecule has 1 atom stereocenters. The molecule has 0 fully saturated rings. The van der Waals surface area contributed by atoms with Crippen LogP contribution in [0.3, 0.4) is 0 Å². The number of benzene rings is 3.